The summed E-state index contributed by atoms with van der Waals surface area (Å²) in [6, 6.07) is 17.5. The van der Waals surface area contributed by atoms with Crippen molar-refractivity contribution in [1.29, 1.82) is 0 Å². The third-order valence-electron chi connectivity index (χ3n) is 5.66. The molecule has 0 saturated carbocycles. The number of thiocarbonyl (C=S) groups is 1. The minimum absolute atomic E-state index is 0.0305. The molecule has 36 heavy (non-hydrogen) atoms. The normalized spacial score (nSPS) is 14.8. The van der Waals surface area contributed by atoms with E-state index in [1.807, 2.05) is 31.2 Å². The Kier molecular flexibility index (Phi) is 7.30. The zero-order valence-corrected chi connectivity index (χ0v) is 20.4. The second-order valence-electron chi connectivity index (χ2n) is 8.00. The van der Waals surface area contributed by atoms with E-state index in [0.29, 0.717) is 22.6 Å². The zero-order valence-electron chi connectivity index (χ0n) is 19.6. The highest BCUT2D eigenvalue weighted by Crippen LogP contribution is 2.32. The molecule has 1 aliphatic heterocycles. The molecule has 0 spiro atoms. The van der Waals surface area contributed by atoms with Crippen molar-refractivity contribution < 1.29 is 27.4 Å². The molecular formula is C27H23F3N2O3S. The Morgan fingerprint density at radius 1 is 1.03 bits per heavy atom. The third kappa shape index (κ3) is 5.36. The van der Waals surface area contributed by atoms with Gasteiger partial charge in [0.1, 0.15) is 23.8 Å². The molecule has 1 amide bonds. The molecule has 0 aliphatic carbocycles. The van der Waals surface area contributed by atoms with Gasteiger partial charge >= 0.3 is 6.18 Å². The summed E-state index contributed by atoms with van der Waals surface area (Å²) in [4.78, 5) is 14.7. The van der Waals surface area contributed by atoms with Gasteiger partial charge in [0.2, 0.25) is 0 Å². The average molecular weight is 513 g/mol. The molecule has 5 nitrogen and oxygen atoms in total. The van der Waals surface area contributed by atoms with Crippen molar-refractivity contribution in [2.45, 2.75) is 26.1 Å². The first-order valence-electron chi connectivity index (χ1n) is 11.1. The highest BCUT2D eigenvalue weighted by Gasteiger charge is 2.33. The number of rotatable bonds is 7. The van der Waals surface area contributed by atoms with E-state index in [2.05, 4.69) is 5.32 Å². The number of benzene rings is 3. The van der Waals surface area contributed by atoms with Gasteiger partial charge in [-0.05, 0) is 72.2 Å². The first kappa shape index (κ1) is 25.2. The number of hydrogen-bond acceptors (Lipinski definition) is 4. The van der Waals surface area contributed by atoms with Crippen molar-refractivity contribution in [1.82, 2.24) is 5.32 Å². The number of amides is 1. The van der Waals surface area contributed by atoms with Gasteiger partial charge in [0.05, 0.1) is 18.4 Å². The molecule has 3 aromatic carbocycles. The SMILES string of the molecule is CCc1ccccc1N1C(=O)/C(=C\c2ccc(OC)c(COc3cccc(C(F)(F)F)c3)c2)NC1=S. The maximum absolute atomic E-state index is 13.2. The molecule has 1 N–H and O–H groups in total. The summed E-state index contributed by atoms with van der Waals surface area (Å²) < 4.78 is 50.0. The summed E-state index contributed by atoms with van der Waals surface area (Å²) >= 11 is 5.43. The summed E-state index contributed by atoms with van der Waals surface area (Å²) in [6.07, 6.45) is -2.05. The molecule has 0 radical (unpaired) electrons. The second-order valence-corrected chi connectivity index (χ2v) is 8.38. The number of anilines is 1. The quantitative estimate of drug-likeness (QED) is 0.306. The van der Waals surface area contributed by atoms with E-state index >= 15 is 0 Å². The Bertz CT molecular complexity index is 1340. The van der Waals surface area contributed by atoms with Crippen LogP contribution in [0.4, 0.5) is 18.9 Å². The van der Waals surface area contributed by atoms with Crippen molar-refractivity contribution in [2.24, 2.45) is 0 Å². The van der Waals surface area contributed by atoms with Crippen LogP contribution in [0.25, 0.3) is 6.08 Å². The molecule has 0 aromatic heterocycles. The fourth-order valence-corrected chi connectivity index (χ4v) is 4.16. The minimum Gasteiger partial charge on any atom is -0.496 e. The molecule has 3 aromatic rings. The molecule has 1 fully saturated rings. The van der Waals surface area contributed by atoms with Crippen LogP contribution in [-0.2, 0) is 24.0 Å². The molecule has 186 valence electrons. The Hall–Kier alpha value is -3.85. The summed E-state index contributed by atoms with van der Waals surface area (Å²) in [5, 5.41) is 3.26. The average Bonchev–Trinajstić information content (AvgIpc) is 3.14. The van der Waals surface area contributed by atoms with Gasteiger partial charge in [0.15, 0.2) is 5.11 Å². The predicted molar refractivity (Wildman–Crippen MR) is 136 cm³/mol. The summed E-state index contributed by atoms with van der Waals surface area (Å²) in [5.41, 5.74) is 2.51. The number of carbonyl (C=O) groups excluding carboxylic acids is 1. The van der Waals surface area contributed by atoms with Gasteiger partial charge in [-0.3, -0.25) is 9.69 Å². The van der Waals surface area contributed by atoms with Crippen LogP contribution in [0, 0.1) is 0 Å². The number of alkyl halides is 3. The molecule has 0 unspecified atom stereocenters. The summed E-state index contributed by atoms with van der Waals surface area (Å²) in [5.74, 6) is 0.307. The smallest absolute Gasteiger partial charge is 0.416 e. The van der Waals surface area contributed by atoms with Crippen LogP contribution in [0.5, 0.6) is 11.5 Å². The number of hydrogen-bond donors (Lipinski definition) is 1. The summed E-state index contributed by atoms with van der Waals surface area (Å²) in [6.45, 7) is 1.98. The lowest BCUT2D eigenvalue weighted by atomic mass is 10.1. The van der Waals surface area contributed by atoms with Gasteiger partial charge in [-0.25, -0.2) is 0 Å². The fraction of sp³-hybridized carbons (Fsp3) is 0.185. The van der Waals surface area contributed by atoms with Crippen LogP contribution < -0.4 is 19.7 Å². The lowest BCUT2D eigenvalue weighted by molar-refractivity contribution is -0.137. The monoisotopic (exact) mass is 512 g/mol. The van der Waals surface area contributed by atoms with Gasteiger partial charge in [-0.15, -0.1) is 0 Å². The van der Waals surface area contributed by atoms with Gasteiger partial charge in [0, 0.05) is 5.56 Å². The lowest BCUT2D eigenvalue weighted by Crippen LogP contribution is -2.31. The maximum Gasteiger partial charge on any atom is 0.416 e. The molecule has 1 saturated heterocycles. The van der Waals surface area contributed by atoms with E-state index in [-0.39, 0.29) is 23.4 Å². The number of halogens is 3. The van der Waals surface area contributed by atoms with Crippen LogP contribution in [0.15, 0.2) is 72.4 Å². The highest BCUT2D eigenvalue weighted by atomic mass is 32.1. The van der Waals surface area contributed by atoms with Gasteiger partial charge in [0.25, 0.3) is 5.91 Å². The molecule has 9 heteroatoms. The minimum atomic E-state index is -4.46. The Balaban J connectivity index is 1.57. The van der Waals surface area contributed by atoms with Gasteiger partial charge < -0.3 is 14.8 Å². The van der Waals surface area contributed by atoms with Crippen LogP contribution in [-0.4, -0.2) is 18.1 Å². The van der Waals surface area contributed by atoms with Crippen molar-refractivity contribution in [3.8, 4) is 11.5 Å². The van der Waals surface area contributed by atoms with Crippen molar-refractivity contribution in [2.75, 3.05) is 12.0 Å². The Morgan fingerprint density at radius 2 is 1.81 bits per heavy atom. The number of methoxy groups -OCH3 is 1. The standard InChI is InChI=1S/C27H23F3N2O3S/c1-3-18-7-4-5-10-23(18)32-25(33)22(31-26(32)36)14-17-11-12-24(34-2)19(13-17)16-35-21-9-6-8-20(15-21)27(28,29)30/h4-15H,3,16H2,1-2H3,(H,31,36)/b22-14+. The summed E-state index contributed by atoms with van der Waals surface area (Å²) in [7, 11) is 1.49. The van der Waals surface area contributed by atoms with Crippen molar-refractivity contribution in [3.05, 3.63) is 94.7 Å². The Labute approximate surface area is 212 Å². The topological polar surface area (TPSA) is 50.8 Å². The van der Waals surface area contributed by atoms with Crippen LogP contribution >= 0.6 is 12.2 Å². The second kappa shape index (κ2) is 10.4. The largest absolute Gasteiger partial charge is 0.496 e. The molecule has 4 rings (SSSR count). The molecule has 0 atom stereocenters. The van der Waals surface area contributed by atoms with Crippen LogP contribution in [0.3, 0.4) is 0 Å². The fourth-order valence-electron chi connectivity index (χ4n) is 3.87. The van der Waals surface area contributed by atoms with Crippen molar-refractivity contribution in [3.63, 3.8) is 0 Å². The van der Waals surface area contributed by atoms with Gasteiger partial charge in [-0.1, -0.05) is 37.3 Å². The third-order valence-corrected chi connectivity index (χ3v) is 5.95. The van der Waals surface area contributed by atoms with E-state index in [1.165, 1.54) is 24.1 Å². The number of aryl methyl sites for hydroxylation is 1. The van der Waals surface area contributed by atoms with Crippen LogP contribution in [0.1, 0.15) is 29.2 Å². The maximum atomic E-state index is 13.2. The lowest BCUT2D eigenvalue weighted by Gasteiger charge is -2.17. The Morgan fingerprint density at radius 3 is 2.53 bits per heavy atom. The number of nitrogens with zero attached hydrogens (tertiary/aromatic N) is 1. The van der Waals surface area contributed by atoms with E-state index in [0.717, 1.165) is 29.8 Å². The first-order valence-corrected chi connectivity index (χ1v) is 11.5. The number of nitrogens with one attached hydrogen (secondary N) is 1. The molecule has 1 heterocycles. The van der Waals surface area contributed by atoms with Crippen molar-refractivity contribution >= 4 is 35.0 Å². The van der Waals surface area contributed by atoms with Crippen LogP contribution in [0.2, 0.25) is 0 Å². The highest BCUT2D eigenvalue weighted by molar-refractivity contribution is 7.80. The predicted octanol–water partition coefficient (Wildman–Crippen LogP) is 6.12. The zero-order chi connectivity index (χ0) is 25.9. The number of para-hydroxylation sites is 1. The molecule has 0 bridgehead atoms. The molecule has 1 aliphatic rings. The number of ether oxygens (including phenoxy) is 2. The van der Waals surface area contributed by atoms with E-state index in [1.54, 1.807) is 24.3 Å². The number of carbonyl (C=O) groups is 1. The van der Waals surface area contributed by atoms with Gasteiger partial charge in [-0.2, -0.15) is 13.2 Å². The van der Waals surface area contributed by atoms with E-state index in [9.17, 15) is 18.0 Å². The first-order chi connectivity index (χ1) is 17.2. The van der Waals surface area contributed by atoms with E-state index < -0.39 is 11.7 Å². The van der Waals surface area contributed by atoms with E-state index in [4.69, 9.17) is 21.7 Å². The molecular weight excluding hydrogens is 489 g/mol.